The van der Waals surface area contributed by atoms with Gasteiger partial charge in [0.15, 0.2) is 5.69 Å². The first-order valence-corrected chi connectivity index (χ1v) is 6.50. The smallest absolute Gasteiger partial charge is 0.355 e. The highest BCUT2D eigenvalue weighted by molar-refractivity contribution is 7.10. The summed E-state index contributed by atoms with van der Waals surface area (Å²) in [6, 6.07) is -0.363. The highest BCUT2D eigenvalue weighted by Gasteiger charge is 2.17. The molecule has 2 N–H and O–H groups in total. The van der Waals surface area contributed by atoms with E-state index >= 15 is 0 Å². The van der Waals surface area contributed by atoms with Gasteiger partial charge in [-0.25, -0.2) is 9.78 Å². The third kappa shape index (κ3) is 2.68. The van der Waals surface area contributed by atoms with Crippen molar-refractivity contribution in [1.82, 2.24) is 19.9 Å². The molecular weight excluding hydrogens is 276 g/mol. The Morgan fingerprint density at radius 1 is 1.50 bits per heavy atom. The lowest BCUT2D eigenvalue weighted by Crippen LogP contribution is -2.25. The summed E-state index contributed by atoms with van der Waals surface area (Å²) in [6.07, 6.45) is 1.37. The van der Waals surface area contributed by atoms with Gasteiger partial charge in [0.25, 0.3) is 5.91 Å². The second-order valence-corrected chi connectivity index (χ2v) is 5.03. The molecule has 7 nitrogen and oxygen atoms in total. The van der Waals surface area contributed by atoms with E-state index in [2.05, 4.69) is 19.9 Å². The number of amides is 1. The number of rotatable bonds is 4. The second-order valence-electron chi connectivity index (χ2n) is 3.35. The van der Waals surface area contributed by atoms with Gasteiger partial charge in [-0.3, -0.25) is 4.79 Å². The van der Waals surface area contributed by atoms with Crippen LogP contribution in [-0.2, 0) is 0 Å². The topological polar surface area (TPSA) is 105 Å². The highest BCUT2D eigenvalue weighted by Crippen LogP contribution is 2.18. The average Bonchev–Trinajstić information content (AvgIpc) is 3.00. The molecule has 2 aromatic heterocycles. The summed E-state index contributed by atoms with van der Waals surface area (Å²) in [5.41, 5.74) is -0.0180. The SMILES string of the molecule is CC(NC(=O)c1cnns1)c1nc(C(=O)O)cs1. The molecule has 2 rings (SSSR count). The molecule has 1 atom stereocenters. The van der Waals surface area contributed by atoms with E-state index in [9.17, 15) is 9.59 Å². The first-order chi connectivity index (χ1) is 8.58. The van der Waals surface area contributed by atoms with Crippen LogP contribution >= 0.6 is 22.9 Å². The van der Waals surface area contributed by atoms with E-state index in [1.807, 2.05) is 0 Å². The number of carboxylic acids is 1. The lowest BCUT2D eigenvalue weighted by Gasteiger charge is -2.09. The molecule has 0 aliphatic carbocycles. The molecule has 9 heteroatoms. The van der Waals surface area contributed by atoms with Gasteiger partial charge in [0, 0.05) is 5.38 Å². The number of aromatic carboxylic acids is 1. The Kier molecular flexibility index (Phi) is 3.63. The zero-order valence-corrected chi connectivity index (χ0v) is 10.8. The van der Waals surface area contributed by atoms with Crippen molar-refractivity contribution in [2.24, 2.45) is 0 Å². The number of hydrogen-bond acceptors (Lipinski definition) is 7. The Labute approximate surface area is 110 Å². The molecule has 18 heavy (non-hydrogen) atoms. The Balaban J connectivity index is 2.05. The number of hydrogen-bond donors (Lipinski definition) is 2. The summed E-state index contributed by atoms with van der Waals surface area (Å²) in [6.45, 7) is 1.73. The minimum absolute atomic E-state index is 0.0180. The van der Waals surface area contributed by atoms with Gasteiger partial charge in [0.05, 0.1) is 12.2 Å². The summed E-state index contributed by atoms with van der Waals surface area (Å²) in [7, 11) is 0. The van der Waals surface area contributed by atoms with Crippen molar-refractivity contribution in [2.45, 2.75) is 13.0 Å². The summed E-state index contributed by atoms with van der Waals surface area (Å²) in [5.74, 6) is -1.38. The molecular formula is C9H8N4O3S2. The number of carboxylic acid groups (broad SMARTS) is 1. The third-order valence-corrected chi connectivity index (χ3v) is 3.74. The molecule has 2 heterocycles. The molecule has 1 unspecified atom stereocenters. The van der Waals surface area contributed by atoms with E-state index in [4.69, 9.17) is 5.11 Å². The van der Waals surface area contributed by atoms with E-state index in [0.717, 1.165) is 11.5 Å². The summed E-state index contributed by atoms with van der Waals surface area (Å²) < 4.78 is 3.59. The summed E-state index contributed by atoms with van der Waals surface area (Å²) >= 11 is 2.18. The molecule has 0 aliphatic rings. The van der Waals surface area contributed by atoms with Crippen LogP contribution in [-0.4, -0.2) is 31.6 Å². The minimum atomic E-state index is -1.08. The monoisotopic (exact) mass is 284 g/mol. The number of carbonyl (C=O) groups excluding carboxylic acids is 1. The van der Waals surface area contributed by atoms with Crippen LogP contribution in [0, 0.1) is 0 Å². The van der Waals surface area contributed by atoms with Crippen molar-refractivity contribution in [3.8, 4) is 0 Å². The van der Waals surface area contributed by atoms with Gasteiger partial charge < -0.3 is 10.4 Å². The molecule has 0 aromatic carbocycles. The predicted molar refractivity (Wildman–Crippen MR) is 64.9 cm³/mol. The third-order valence-electron chi connectivity index (χ3n) is 2.04. The Morgan fingerprint density at radius 2 is 2.28 bits per heavy atom. The van der Waals surface area contributed by atoms with E-state index in [1.54, 1.807) is 6.92 Å². The molecule has 2 aromatic rings. The zero-order valence-electron chi connectivity index (χ0n) is 9.15. The Morgan fingerprint density at radius 3 is 2.83 bits per heavy atom. The average molecular weight is 284 g/mol. The van der Waals surface area contributed by atoms with Crippen molar-refractivity contribution in [3.63, 3.8) is 0 Å². The molecule has 0 saturated heterocycles. The molecule has 94 valence electrons. The molecule has 0 radical (unpaired) electrons. The van der Waals surface area contributed by atoms with E-state index in [1.165, 1.54) is 22.9 Å². The van der Waals surface area contributed by atoms with E-state index in [-0.39, 0.29) is 17.6 Å². The fourth-order valence-corrected chi connectivity index (χ4v) is 2.40. The van der Waals surface area contributed by atoms with Crippen LogP contribution in [0.3, 0.4) is 0 Å². The molecule has 0 saturated carbocycles. The standard InChI is InChI=1S/C9H8N4O3S2/c1-4(8-12-5(3-17-8)9(15)16)11-7(14)6-2-10-13-18-6/h2-4H,1H3,(H,11,14)(H,15,16). The highest BCUT2D eigenvalue weighted by atomic mass is 32.1. The Hall–Kier alpha value is -1.87. The van der Waals surface area contributed by atoms with Gasteiger partial charge in [-0.1, -0.05) is 4.49 Å². The Bertz CT molecular complexity index is 566. The molecule has 0 aliphatic heterocycles. The van der Waals surface area contributed by atoms with Gasteiger partial charge in [0.2, 0.25) is 0 Å². The maximum absolute atomic E-state index is 11.7. The van der Waals surface area contributed by atoms with Gasteiger partial charge in [0.1, 0.15) is 9.88 Å². The van der Waals surface area contributed by atoms with Crippen LogP contribution < -0.4 is 5.32 Å². The fourth-order valence-electron chi connectivity index (χ4n) is 1.18. The first kappa shape index (κ1) is 12.6. The molecule has 1 amide bonds. The molecule has 0 spiro atoms. The maximum Gasteiger partial charge on any atom is 0.355 e. The van der Waals surface area contributed by atoms with Crippen molar-refractivity contribution in [1.29, 1.82) is 0 Å². The van der Waals surface area contributed by atoms with E-state index in [0.29, 0.717) is 9.88 Å². The number of nitrogens with one attached hydrogen (secondary N) is 1. The molecule has 0 fully saturated rings. The van der Waals surface area contributed by atoms with E-state index < -0.39 is 5.97 Å². The normalized spacial score (nSPS) is 12.1. The maximum atomic E-state index is 11.7. The number of carbonyl (C=O) groups is 2. The first-order valence-electron chi connectivity index (χ1n) is 4.85. The summed E-state index contributed by atoms with van der Waals surface area (Å²) in [5, 5.41) is 17.0. The predicted octanol–water partition coefficient (Wildman–Crippen LogP) is 1.18. The van der Waals surface area contributed by atoms with Crippen LogP contribution in [0.15, 0.2) is 11.6 Å². The van der Waals surface area contributed by atoms with Crippen molar-refractivity contribution in [3.05, 3.63) is 27.2 Å². The van der Waals surface area contributed by atoms with Crippen LogP contribution in [0.25, 0.3) is 0 Å². The van der Waals surface area contributed by atoms with Crippen LogP contribution in [0.1, 0.15) is 38.1 Å². The van der Waals surface area contributed by atoms with Crippen LogP contribution in [0.4, 0.5) is 0 Å². The fraction of sp³-hybridized carbons (Fsp3) is 0.222. The molecule has 0 bridgehead atoms. The minimum Gasteiger partial charge on any atom is -0.476 e. The number of nitrogens with zero attached hydrogens (tertiary/aromatic N) is 3. The van der Waals surface area contributed by atoms with Crippen molar-refractivity contribution >= 4 is 34.7 Å². The van der Waals surface area contributed by atoms with Crippen LogP contribution in [0.2, 0.25) is 0 Å². The summed E-state index contributed by atoms with van der Waals surface area (Å²) in [4.78, 5) is 26.7. The van der Waals surface area contributed by atoms with Crippen molar-refractivity contribution in [2.75, 3.05) is 0 Å². The quantitative estimate of drug-likeness (QED) is 0.873. The lowest BCUT2D eigenvalue weighted by molar-refractivity contribution is 0.0691. The van der Waals surface area contributed by atoms with Gasteiger partial charge in [-0.05, 0) is 18.5 Å². The lowest BCUT2D eigenvalue weighted by atomic mass is 10.3. The van der Waals surface area contributed by atoms with Gasteiger partial charge in [-0.15, -0.1) is 16.4 Å². The zero-order chi connectivity index (χ0) is 13.1. The number of aromatic nitrogens is 3. The van der Waals surface area contributed by atoms with Crippen molar-refractivity contribution < 1.29 is 14.7 Å². The number of thiazole rings is 1. The second kappa shape index (κ2) is 5.19. The van der Waals surface area contributed by atoms with Gasteiger partial charge >= 0.3 is 5.97 Å². The van der Waals surface area contributed by atoms with Crippen LogP contribution in [0.5, 0.6) is 0 Å². The largest absolute Gasteiger partial charge is 0.476 e. The van der Waals surface area contributed by atoms with Gasteiger partial charge in [-0.2, -0.15) is 0 Å².